The van der Waals surface area contributed by atoms with Gasteiger partial charge in [-0.25, -0.2) is 4.98 Å². The molecule has 1 aliphatic heterocycles. The number of primary amides is 1. The van der Waals surface area contributed by atoms with Gasteiger partial charge in [0.25, 0.3) is 0 Å². The number of nitrogens with two attached hydrogens (primary N) is 1. The van der Waals surface area contributed by atoms with Crippen LogP contribution < -0.4 is 21.3 Å². The molecule has 3 heterocycles. The molecule has 0 aliphatic carbocycles. The predicted octanol–water partition coefficient (Wildman–Crippen LogP) is 1.78. The van der Waals surface area contributed by atoms with E-state index in [1.165, 1.54) is 11.8 Å². The zero-order chi connectivity index (χ0) is 22.4. The van der Waals surface area contributed by atoms with Crippen LogP contribution in [-0.4, -0.2) is 52.0 Å². The molecular weight excluding hydrogens is 420 g/mol. The van der Waals surface area contributed by atoms with E-state index in [2.05, 4.69) is 20.8 Å². The van der Waals surface area contributed by atoms with Crippen LogP contribution in [0.3, 0.4) is 0 Å². The summed E-state index contributed by atoms with van der Waals surface area (Å²) >= 11 is 1.21. The number of rotatable bonds is 8. The molecule has 3 amide bonds. The molecule has 31 heavy (non-hydrogen) atoms. The molecule has 0 aromatic carbocycles. The highest BCUT2D eigenvalue weighted by atomic mass is 32.2. The second-order valence-corrected chi connectivity index (χ2v) is 8.74. The summed E-state index contributed by atoms with van der Waals surface area (Å²) < 4.78 is 4.91. The quantitative estimate of drug-likeness (QED) is 0.557. The maximum atomic E-state index is 12.2. The van der Waals surface area contributed by atoms with Gasteiger partial charge in [-0.3, -0.25) is 14.4 Å². The number of nitrogens with zero attached hydrogens (tertiary/aromatic N) is 3. The topological polar surface area (TPSA) is 143 Å². The molecule has 2 aromatic heterocycles. The molecule has 0 bridgehead atoms. The average Bonchev–Trinajstić information content (AvgIpc) is 3.17. The van der Waals surface area contributed by atoms with Gasteiger partial charge in [-0.2, -0.15) is 0 Å². The van der Waals surface area contributed by atoms with Crippen molar-refractivity contribution >= 4 is 46.8 Å². The number of hydrogen-bond donors (Lipinski definition) is 3. The predicted molar refractivity (Wildman–Crippen MR) is 119 cm³/mol. The first-order valence-corrected chi connectivity index (χ1v) is 11.0. The SMILES string of the molecule is Cc1cc(NC(=O)C(C)SCC(=O)Nc2ccc(N3CCCC(C(N)=O)C3)nc2)no1. The van der Waals surface area contributed by atoms with E-state index in [1.54, 1.807) is 32.2 Å². The lowest BCUT2D eigenvalue weighted by Gasteiger charge is -2.32. The number of thioether (sulfide) groups is 1. The van der Waals surface area contributed by atoms with Gasteiger partial charge >= 0.3 is 0 Å². The van der Waals surface area contributed by atoms with E-state index in [0.29, 0.717) is 23.8 Å². The molecule has 4 N–H and O–H groups in total. The number of hydrogen-bond acceptors (Lipinski definition) is 8. The Labute approximate surface area is 184 Å². The van der Waals surface area contributed by atoms with E-state index in [0.717, 1.165) is 25.2 Å². The summed E-state index contributed by atoms with van der Waals surface area (Å²) in [5.74, 6) is 0.858. The Morgan fingerprint density at radius 1 is 1.35 bits per heavy atom. The van der Waals surface area contributed by atoms with Gasteiger partial charge in [-0.15, -0.1) is 11.8 Å². The number of amides is 3. The molecule has 1 fully saturated rings. The molecule has 1 aliphatic rings. The fourth-order valence-corrected chi connectivity index (χ4v) is 3.87. The third-order valence-corrected chi connectivity index (χ3v) is 6.04. The van der Waals surface area contributed by atoms with Gasteiger partial charge in [0.05, 0.1) is 28.8 Å². The van der Waals surface area contributed by atoms with Crippen LogP contribution >= 0.6 is 11.8 Å². The summed E-state index contributed by atoms with van der Waals surface area (Å²) in [6.45, 7) is 4.82. The first-order valence-electron chi connectivity index (χ1n) is 9.98. The maximum absolute atomic E-state index is 12.2. The molecule has 11 heteroatoms. The van der Waals surface area contributed by atoms with E-state index in [4.69, 9.17) is 10.3 Å². The molecular formula is C20H26N6O4S. The van der Waals surface area contributed by atoms with Crippen LogP contribution in [0.25, 0.3) is 0 Å². The molecule has 1 saturated heterocycles. The van der Waals surface area contributed by atoms with Crippen molar-refractivity contribution in [1.82, 2.24) is 10.1 Å². The second-order valence-electron chi connectivity index (χ2n) is 7.41. The van der Waals surface area contributed by atoms with Crippen LogP contribution in [0.4, 0.5) is 17.3 Å². The van der Waals surface area contributed by atoms with Crippen molar-refractivity contribution in [3.63, 3.8) is 0 Å². The van der Waals surface area contributed by atoms with Crippen LogP contribution in [0, 0.1) is 12.8 Å². The van der Waals surface area contributed by atoms with Crippen molar-refractivity contribution in [3.8, 4) is 0 Å². The largest absolute Gasteiger partial charge is 0.369 e. The third-order valence-electron chi connectivity index (χ3n) is 4.89. The Hall–Kier alpha value is -3.08. The van der Waals surface area contributed by atoms with Crippen molar-refractivity contribution in [2.24, 2.45) is 11.7 Å². The van der Waals surface area contributed by atoms with Crippen molar-refractivity contribution in [2.75, 3.05) is 34.4 Å². The van der Waals surface area contributed by atoms with Crippen LogP contribution in [0.2, 0.25) is 0 Å². The number of aromatic nitrogens is 2. The summed E-state index contributed by atoms with van der Waals surface area (Å²) in [5.41, 5.74) is 5.99. The molecule has 166 valence electrons. The van der Waals surface area contributed by atoms with Crippen molar-refractivity contribution in [2.45, 2.75) is 31.9 Å². The molecule has 3 rings (SSSR count). The van der Waals surface area contributed by atoms with Crippen molar-refractivity contribution in [3.05, 3.63) is 30.2 Å². The first-order chi connectivity index (χ1) is 14.8. The Balaban J connectivity index is 1.45. The Kier molecular flexibility index (Phi) is 7.50. The highest BCUT2D eigenvalue weighted by Crippen LogP contribution is 2.22. The number of pyridine rings is 1. The second kappa shape index (κ2) is 10.3. The summed E-state index contributed by atoms with van der Waals surface area (Å²) in [7, 11) is 0. The van der Waals surface area contributed by atoms with Crippen molar-refractivity contribution in [1.29, 1.82) is 0 Å². The zero-order valence-electron chi connectivity index (χ0n) is 17.5. The number of nitrogens with one attached hydrogen (secondary N) is 2. The van der Waals surface area contributed by atoms with Gasteiger partial charge in [0.2, 0.25) is 17.7 Å². The van der Waals surface area contributed by atoms with E-state index in [9.17, 15) is 14.4 Å². The van der Waals surface area contributed by atoms with E-state index < -0.39 is 5.25 Å². The Morgan fingerprint density at radius 3 is 2.81 bits per heavy atom. The molecule has 0 radical (unpaired) electrons. The zero-order valence-corrected chi connectivity index (χ0v) is 18.3. The molecule has 2 aromatic rings. The number of aryl methyl sites for hydroxylation is 1. The van der Waals surface area contributed by atoms with Crippen LogP contribution in [0.15, 0.2) is 28.9 Å². The fraction of sp³-hybridized carbons (Fsp3) is 0.450. The first kappa shape index (κ1) is 22.6. The fourth-order valence-electron chi connectivity index (χ4n) is 3.19. The summed E-state index contributed by atoms with van der Waals surface area (Å²) in [6.07, 6.45) is 3.26. The van der Waals surface area contributed by atoms with Crippen molar-refractivity contribution < 1.29 is 18.9 Å². The number of anilines is 3. The smallest absolute Gasteiger partial charge is 0.238 e. The molecule has 2 atom stereocenters. The van der Waals surface area contributed by atoms with Gasteiger partial charge in [0.15, 0.2) is 5.82 Å². The average molecular weight is 447 g/mol. The van der Waals surface area contributed by atoms with Gasteiger partial charge in [-0.05, 0) is 38.8 Å². The lowest BCUT2D eigenvalue weighted by molar-refractivity contribution is -0.122. The van der Waals surface area contributed by atoms with Crippen LogP contribution in [0.1, 0.15) is 25.5 Å². The number of piperidine rings is 1. The van der Waals surface area contributed by atoms with E-state index in [1.807, 2.05) is 11.0 Å². The lowest BCUT2D eigenvalue weighted by atomic mass is 9.97. The molecule has 2 unspecified atom stereocenters. The number of carbonyl (C=O) groups is 3. The Morgan fingerprint density at radius 2 is 2.16 bits per heavy atom. The minimum Gasteiger partial charge on any atom is -0.369 e. The minimum absolute atomic E-state index is 0.112. The van der Waals surface area contributed by atoms with Crippen LogP contribution in [-0.2, 0) is 14.4 Å². The third kappa shape index (κ3) is 6.45. The summed E-state index contributed by atoms with van der Waals surface area (Å²) in [5, 5.41) is 8.69. The monoisotopic (exact) mass is 446 g/mol. The molecule has 0 saturated carbocycles. The van der Waals surface area contributed by atoms with Crippen LogP contribution in [0.5, 0.6) is 0 Å². The summed E-state index contributed by atoms with van der Waals surface area (Å²) in [6, 6.07) is 5.19. The highest BCUT2D eigenvalue weighted by molar-refractivity contribution is 8.01. The normalized spacial score (nSPS) is 17.1. The molecule has 10 nitrogen and oxygen atoms in total. The highest BCUT2D eigenvalue weighted by Gasteiger charge is 2.24. The van der Waals surface area contributed by atoms with Gasteiger partial charge < -0.3 is 25.8 Å². The van der Waals surface area contributed by atoms with Gasteiger partial charge in [-0.1, -0.05) is 5.16 Å². The standard InChI is InChI=1S/C20H26N6O4S/c1-12-8-16(25-30-12)24-20(29)13(2)31-11-18(27)23-15-5-6-17(22-9-15)26-7-3-4-14(10-26)19(21)28/h5-6,8-9,13-14H,3-4,7,10-11H2,1-2H3,(H2,21,28)(H,23,27)(H,24,25,29). The summed E-state index contributed by atoms with van der Waals surface area (Å²) in [4.78, 5) is 42.2. The van der Waals surface area contributed by atoms with E-state index in [-0.39, 0.29) is 29.4 Å². The number of carbonyl (C=O) groups excluding carboxylic acids is 3. The van der Waals surface area contributed by atoms with Gasteiger partial charge in [0.1, 0.15) is 11.6 Å². The minimum atomic E-state index is -0.444. The van der Waals surface area contributed by atoms with Gasteiger partial charge in [0, 0.05) is 19.2 Å². The maximum Gasteiger partial charge on any atom is 0.238 e. The lowest BCUT2D eigenvalue weighted by Crippen LogP contribution is -2.41. The molecule has 0 spiro atoms. The Bertz CT molecular complexity index is 932. The van der Waals surface area contributed by atoms with E-state index >= 15 is 0 Å².